The quantitative estimate of drug-likeness (QED) is 0.397. The Morgan fingerprint density at radius 1 is 1.24 bits per heavy atom. The van der Waals surface area contributed by atoms with Crippen LogP contribution in [0.5, 0.6) is 0 Å². The molecule has 3 aromatic rings. The number of carboxylic acids is 1. The van der Waals surface area contributed by atoms with Crippen molar-refractivity contribution in [1.82, 2.24) is 10.2 Å². The molecule has 0 spiro atoms. The molecule has 2 aromatic carbocycles. The number of aromatic nitrogens is 2. The van der Waals surface area contributed by atoms with Gasteiger partial charge in [-0.3, -0.25) is 4.79 Å². The number of aliphatic carboxylic acids is 1. The number of hydrogen-bond acceptors (Lipinski definition) is 5. The number of aryl methyl sites for hydroxylation is 1. The van der Waals surface area contributed by atoms with Gasteiger partial charge in [0.05, 0.1) is 12.5 Å². The van der Waals surface area contributed by atoms with Gasteiger partial charge in [0.2, 0.25) is 0 Å². The number of benzene rings is 2. The molecular formula is C25H27Cl2N5O2. The van der Waals surface area contributed by atoms with Crippen molar-refractivity contribution in [3.63, 3.8) is 0 Å². The second-order valence-electron chi connectivity index (χ2n) is 8.60. The van der Waals surface area contributed by atoms with Crippen LogP contribution in [0.25, 0.3) is 15.6 Å². The van der Waals surface area contributed by atoms with E-state index in [4.69, 9.17) is 18.2 Å². The Morgan fingerprint density at radius 3 is 2.62 bits per heavy atom. The molecule has 0 amide bonds. The summed E-state index contributed by atoms with van der Waals surface area (Å²) >= 11 is 6.26. The molecule has 4 rings (SSSR count). The van der Waals surface area contributed by atoms with Gasteiger partial charge in [0, 0.05) is 35.4 Å². The second kappa shape index (κ2) is 10.9. The summed E-state index contributed by atoms with van der Waals surface area (Å²) in [5.74, 6) is 0.458. The van der Waals surface area contributed by atoms with Gasteiger partial charge in [-0.25, -0.2) is 4.85 Å². The average Bonchev–Trinajstić information content (AvgIpc) is 2.83. The zero-order valence-electron chi connectivity index (χ0n) is 19.1. The summed E-state index contributed by atoms with van der Waals surface area (Å²) in [6.07, 6.45) is 1.59. The lowest BCUT2D eigenvalue weighted by atomic mass is 9.85. The molecule has 0 radical (unpaired) electrons. The van der Waals surface area contributed by atoms with Crippen LogP contribution in [-0.4, -0.2) is 34.4 Å². The van der Waals surface area contributed by atoms with Gasteiger partial charge < -0.3 is 15.3 Å². The number of carbonyl (C=O) groups is 1. The summed E-state index contributed by atoms with van der Waals surface area (Å²) < 4.78 is 0. The van der Waals surface area contributed by atoms with Crippen molar-refractivity contribution < 1.29 is 9.90 Å². The zero-order valence-corrected chi connectivity index (χ0v) is 20.7. The van der Waals surface area contributed by atoms with Crippen molar-refractivity contribution in [3.8, 4) is 0 Å². The molecule has 9 heteroatoms. The minimum atomic E-state index is -0.740. The SMILES string of the molecule is Cl.[C-]#[N+]c1ccc2c(N3CCC(C(C)C(=O)O)CC3)nnc(NCc3ccc(C)c(Cl)c3)c2c1. The molecule has 0 saturated carbocycles. The normalized spacial score (nSPS) is 14.8. The minimum Gasteiger partial charge on any atom is -0.481 e. The highest BCUT2D eigenvalue weighted by molar-refractivity contribution is 6.31. The predicted molar refractivity (Wildman–Crippen MR) is 138 cm³/mol. The number of halogens is 2. The molecule has 1 aromatic heterocycles. The third kappa shape index (κ3) is 5.35. The maximum Gasteiger partial charge on any atom is 0.306 e. The van der Waals surface area contributed by atoms with Gasteiger partial charge >= 0.3 is 5.97 Å². The Morgan fingerprint density at radius 2 is 1.97 bits per heavy atom. The first-order valence-electron chi connectivity index (χ1n) is 11.0. The Hall–Kier alpha value is -3.08. The molecule has 1 saturated heterocycles. The summed E-state index contributed by atoms with van der Waals surface area (Å²) in [7, 11) is 0. The van der Waals surface area contributed by atoms with Crippen molar-refractivity contribution in [2.24, 2.45) is 11.8 Å². The largest absolute Gasteiger partial charge is 0.481 e. The van der Waals surface area contributed by atoms with E-state index in [9.17, 15) is 9.90 Å². The fourth-order valence-corrected chi connectivity index (χ4v) is 4.51. The van der Waals surface area contributed by atoms with Gasteiger partial charge in [-0.15, -0.1) is 22.6 Å². The molecule has 1 fully saturated rings. The molecule has 1 aliphatic heterocycles. The summed E-state index contributed by atoms with van der Waals surface area (Å²) in [4.78, 5) is 17.1. The Labute approximate surface area is 210 Å². The first-order valence-corrected chi connectivity index (χ1v) is 11.4. The van der Waals surface area contributed by atoms with Crippen LogP contribution in [0.2, 0.25) is 5.02 Å². The Balaban J connectivity index is 0.00000324. The summed E-state index contributed by atoms with van der Waals surface area (Å²) in [5.41, 5.74) is 2.59. The lowest BCUT2D eigenvalue weighted by Crippen LogP contribution is -2.38. The zero-order chi connectivity index (χ0) is 23.5. The van der Waals surface area contributed by atoms with Crippen molar-refractivity contribution in [1.29, 1.82) is 0 Å². The summed E-state index contributed by atoms with van der Waals surface area (Å²) in [6, 6.07) is 11.5. The van der Waals surface area contributed by atoms with E-state index in [-0.39, 0.29) is 24.2 Å². The first kappa shape index (κ1) is 25.5. The van der Waals surface area contributed by atoms with Crippen LogP contribution >= 0.6 is 24.0 Å². The highest BCUT2D eigenvalue weighted by atomic mass is 35.5. The van der Waals surface area contributed by atoms with Crippen LogP contribution in [0.3, 0.4) is 0 Å². The molecule has 34 heavy (non-hydrogen) atoms. The number of hydrogen-bond donors (Lipinski definition) is 2. The Kier molecular flexibility index (Phi) is 8.19. The molecule has 2 heterocycles. The molecule has 7 nitrogen and oxygen atoms in total. The van der Waals surface area contributed by atoms with Crippen molar-refractivity contribution in [2.45, 2.75) is 33.2 Å². The average molecular weight is 500 g/mol. The van der Waals surface area contributed by atoms with E-state index in [0.29, 0.717) is 18.1 Å². The van der Waals surface area contributed by atoms with Crippen LogP contribution in [0.4, 0.5) is 17.3 Å². The van der Waals surface area contributed by atoms with Crippen molar-refractivity contribution in [3.05, 3.63) is 64.0 Å². The second-order valence-corrected chi connectivity index (χ2v) is 9.01. The van der Waals surface area contributed by atoms with Crippen molar-refractivity contribution >= 4 is 58.1 Å². The summed E-state index contributed by atoms with van der Waals surface area (Å²) in [6.45, 7) is 13.1. The molecule has 1 atom stereocenters. The number of nitrogens with zero attached hydrogens (tertiary/aromatic N) is 4. The van der Waals surface area contributed by atoms with E-state index in [0.717, 1.165) is 58.7 Å². The number of nitrogens with one attached hydrogen (secondary N) is 1. The standard InChI is InChI=1S/C25H26ClN5O2.ClH/c1-15-4-5-17(12-22(15)26)14-28-23-21-13-19(27-3)6-7-20(21)24(30-29-23)31-10-8-18(9-11-31)16(2)25(32)33;/h4-7,12-13,16,18H,8-11,14H2,1-2H3,(H,28,29)(H,32,33);1H. The highest BCUT2D eigenvalue weighted by Crippen LogP contribution is 2.35. The molecule has 0 bridgehead atoms. The number of fused-ring (bicyclic) bond motifs is 1. The lowest BCUT2D eigenvalue weighted by molar-refractivity contribution is -0.143. The third-order valence-corrected chi connectivity index (χ3v) is 6.91. The third-order valence-electron chi connectivity index (χ3n) is 6.50. The van der Waals surface area contributed by atoms with Crippen LogP contribution in [0.15, 0.2) is 36.4 Å². The first-order chi connectivity index (χ1) is 15.9. The Bertz CT molecular complexity index is 1240. The molecule has 1 unspecified atom stereocenters. The molecule has 1 aliphatic rings. The molecule has 0 aliphatic carbocycles. The van der Waals surface area contributed by atoms with Crippen LogP contribution in [-0.2, 0) is 11.3 Å². The maximum absolute atomic E-state index is 11.3. The van der Waals surface area contributed by atoms with E-state index in [1.54, 1.807) is 13.0 Å². The molecule has 2 N–H and O–H groups in total. The minimum absolute atomic E-state index is 0. The van der Waals surface area contributed by atoms with Gasteiger partial charge in [-0.2, -0.15) is 0 Å². The van der Waals surface area contributed by atoms with E-state index < -0.39 is 5.97 Å². The van der Waals surface area contributed by atoms with E-state index in [1.165, 1.54) is 0 Å². The monoisotopic (exact) mass is 499 g/mol. The highest BCUT2D eigenvalue weighted by Gasteiger charge is 2.29. The topological polar surface area (TPSA) is 82.7 Å². The van der Waals surface area contributed by atoms with E-state index >= 15 is 0 Å². The van der Waals surface area contributed by atoms with E-state index in [2.05, 4.69) is 25.3 Å². The smallest absolute Gasteiger partial charge is 0.306 e. The number of anilines is 2. The van der Waals surface area contributed by atoms with Gasteiger partial charge in [-0.05, 0) is 48.9 Å². The van der Waals surface area contributed by atoms with Gasteiger partial charge in [-0.1, -0.05) is 42.8 Å². The number of rotatable bonds is 6. The lowest BCUT2D eigenvalue weighted by Gasteiger charge is -2.34. The van der Waals surface area contributed by atoms with Crippen LogP contribution in [0.1, 0.15) is 30.9 Å². The number of piperidine rings is 1. The fourth-order valence-electron chi connectivity index (χ4n) is 4.31. The van der Waals surface area contributed by atoms with Gasteiger partial charge in [0.15, 0.2) is 17.3 Å². The molecular weight excluding hydrogens is 473 g/mol. The fraction of sp³-hybridized carbons (Fsp3) is 0.360. The van der Waals surface area contributed by atoms with Crippen molar-refractivity contribution in [2.75, 3.05) is 23.3 Å². The molecule has 178 valence electrons. The predicted octanol–water partition coefficient (Wildman–Crippen LogP) is 6.11. The van der Waals surface area contributed by atoms with E-state index in [1.807, 2.05) is 37.3 Å². The van der Waals surface area contributed by atoms with Gasteiger partial charge in [0.1, 0.15) is 0 Å². The van der Waals surface area contributed by atoms with Crippen LogP contribution in [0, 0.1) is 25.3 Å². The maximum atomic E-state index is 11.3. The summed E-state index contributed by atoms with van der Waals surface area (Å²) in [5, 5.41) is 24.1. The van der Waals surface area contributed by atoms with Crippen LogP contribution < -0.4 is 10.2 Å². The van der Waals surface area contributed by atoms with Gasteiger partial charge in [0.25, 0.3) is 0 Å². The number of carboxylic acid groups (broad SMARTS) is 1.